The van der Waals surface area contributed by atoms with Crippen LogP contribution in [0, 0.1) is 5.92 Å². The predicted octanol–water partition coefficient (Wildman–Crippen LogP) is 2.01. The normalized spacial score (nSPS) is 27.5. The van der Waals surface area contributed by atoms with Gasteiger partial charge in [0.2, 0.25) is 0 Å². The Hall–Kier alpha value is -1.34. The van der Waals surface area contributed by atoms with Gasteiger partial charge in [0.15, 0.2) is 0 Å². The van der Waals surface area contributed by atoms with Crippen molar-refractivity contribution in [3.8, 4) is 0 Å². The van der Waals surface area contributed by atoms with Gasteiger partial charge in [-0.3, -0.25) is 10.9 Å². The standard InChI is InChI=1S/C12H17F3N4/c1-7-10(8(2)19-18-7)6-17-11-4-3-9(5-16-11)12(13,14)15/h3-5,7-8,10,18-19H,6H2,1-2H3,(H,16,17). The Labute approximate surface area is 109 Å². The summed E-state index contributed by atoms with van der Waals surface area (Å²) in [6.45, 7) is 4.77. The predicted molar refractivity (Wildman–Crippen MR) is 66.4 cm³/mol. The molecule has 1 fully saturated rings. The second-order valence-corrected chi connectivity index (χ2v) is 4.84. The quantitative estimate of drug-likeness (QED) is 0.789. The highest BCUT2D eigenvalue weighted by Gasteiger charge is 2.31. The molecule has 0 saturated carbocycles. The van der Waals surface area contributed by atoms with Crippen LogP contribution in [0.25, 0.3) is 0 Å². The topological polar surface area (TPSA) is 49.0 Å². The van der Waals surface area contributed by atoms with Crippen LogP contribution in [0.5, 0.6) is 0 Å². The molecule has 2 heterocycles. The average molecular weight is 274 g/mol. The third kappa shape index (κ3) is 3.36. The summed E-state index contributed by atoms with van der Waals surface area (Å²) in [6, 6.07) is 3.00. The van der Waals surface area contributed by atoms with Gasteiger partial charge in [0, 0.05) is 30.7 Å². The molecule has 1 aliphatic rings. The lowest BCUT2D eigenvalue weighted by atomic mass is 9.97. The molecule has 19 heavy (non-hydrogen) atoms. The van der Waals surface area contributed by atoms with Crippen molar-refractivity contribution in [1.29, 1.82) is 0 Å². The van der Waals surface area contributed by atoms with E-state index in [4.69, 9.17) is 0 Å². The highest BCUT2D eigenvalue weighted by atomic mass is 19.4. The lowest BCUT2D eigenvalue weighted by molar-refractivity contribution is -0.137. The van der Waals surface area contributed by atoms with Crippen LogP contribution in [0.15, 0.2) is 18.3 Å². The van der Waals surface area contributed by atoms with E-state index in [1.807, 2.05) is 0 Å². The van der Waals surface area contributed by atoms with E-state index >= 15 is 0 Å². The van der Waals surface area contributed by atoms with Crippen LogP contribution in [0.3, 0.4) is 0 Å². The molecule has 0 aliphatic carbocycles. The second-order valence-electron chi connectivity index (χ2n) is 4.84. The summed E-state index contributed by atoms with van der Waals surface area (Å²) in [5.74, 6) is 0.809. The molecular weight excluding hydrogens is 257 g/mol. The smallest absolute Gasteiger partial charge is 0.370 e. The first kappa shape index (κ1) is 14.1. The first-order valence-electron chi connectivity index (χ1n) is 6.16. The lowest BCUT2D eigenvalue weighted by Crippen LogP contribution is -2.30. The van der Waals surface area contributed by atoms with Crippen molar-refractivity contribution in [3.63, 3.8) is 0 Å². The van der Waals surface area contributed by atoms with Crippen LogP contribution in [0.1, 0.15) is 19.4 Å². The molecule has 7 heteroatoms. The van der Waals surface area contributed by atoms with Gasteiger partial charge in [-0.15, -0.1) is 0 Å². The number of nitrogens with zero attached hydrogens (tertiary/aromatic N) is 1. The molecule has 0 radical (unpaired) electrons. The Morgan fingerprint density at radius 3 is 2.32 bits per heavy atom. The van der Waals surface area contributed by atoms with Crippen LogP contribution >= 0.6 is 0 Å². The molecule has 1 aromatic heterocycles. The summed E-state index contributed by atoms with van der Waals surface area (Å²) in [5.41, 5.74) is 5.52. The van der Waals surface area contributed by atoms with Crippen LogP contribution in [0.4, 0.5) is 19.0 Å². The molecule has 4 nitrogen and oxygen atoms in total. The molecular formula is C12H17F3N4. The minimum absolute atomic E-state index is 0.303. The van der Waals surface area contributed by atoms with Crippen molar-refractivity contribution in [2.75, 3.05) is 11.9 Å². The molecule has 106 valence electrons. The van der Waals surface area contributed by atoms with Gasteiger partial charge in [0.05, 0.1) is 5.56 Å². The molecule has 1 aliphatic heterocycles. The molecule has 3 N–H and O–H groups in total. The second kappa shape index (κ2) is 5.34. The van der Waals surface area contributed by atoms with E-state index in [1.54, 1.807) is 0 Å². The Balaban J connectivity index is 1.93. The number of nitrogens with one attached hydrogen (secondary N) is 3. The average Bonchev–Trinajstić information content (AvgIpc) is 2.66. The lowest BCUT2D eigenvalue weighted by Gasteiger charge is -2.18. The number of halogens is 3. The number of alkyl halides is 3. The first-order valence-corrected chi connectivity index (χ1v) is 6.16. The minimum Gasteiger partial charge on any atom is -0.370 e. The zero-order valence-electron chi connectivity index (χ0n) is 10.8. The van der Waals surface area contributed by atoms with Crippen LogP contribution < -0.4 is 16.2 Å². The monoisotopic (exact) mass is 274 g/mol. The van der Waals surface area contributed by atoms with E-state index in [0.29, 0.717) is 30.4 Å². The van der Waals surface area contributed by atoms with E-state index in [1.165, 1.54) is 6.07 Å². The van der Waals surface area contributed by atoms with Crippen molar-refractivity contribution >= 4 is 5.82 Å². The highest BCUT2D eigenvalue weighted by molar-refractivity contribution is 5.36. The Morgan fingerprint density at radius 2 is 1.84 bits per heavy atom. The summed E-state index contributed by atoms with van der Waals surface area (Å²) in [4.78, 5) is 3.78. The highest BCUT2D eigenvalue weighted by Crippen LogP contribution is 2.28. The molecule has 2 rings (SSSR count). The van der Waals surface area contributed by atoms with Crippen molar-refractivity contribution in [2.24, 2.45) is 5.92 Å². The molecule has 1 saturated heterocycles. The third-order valence-corrected chi connectivity index (χ3v) is 3.43. The van der Waals surface area contributed by atoms with Gasteiger partial charge >= 0.3 is 6.18 Å². The van der Waals surface area contributed by atoms with Gasteiger partial charge in [0.25, 0.3) is 0 Å². The zero-order valence-corrected chi connectivity index (χ0v) is 10.8. The van der Waals surface area contributed by atoms with Gasteiger partial charge in [-0.25, -0.2) is 4.98 Å². The number of aromatic nitrogens is 1. The van der Waals surface area contributed by atoms with Gasteiger partial charge < -0.3 is 5.32 Å². The van der Waals surface area contributed by atoms with Gasteiger partial charge in [-0.05, 0) is 26.0 Å². The van der Waals surface area contributed by atoms with Crippen molar-refractivity contribution < 1.29 is 13.2 Å². The molecule has 0 amide bonds. The molecule has 0 aromatic carbocycles. The molecule has 0 bridgehead atoms. The van der Waals surface area contributed by atoms with Gasteiger partial charge in [0.1, 0.15) is 5.82 Å². The van der Waals surface area contributed by atoms with E-state index in [2.05, 4.69) is 35.0 Å². The maximum atomic E-state index is 12.4. The molecule has 2 atom stereocenters. The zero-order chi connectivity index (χ0) is 14.0. The Bertz CT molecular complexity index is 408. The summed E-state index contributed by atoms with van der Waals surface area (Å²) >= 11 is 0. The molecule has 0 spiro atoms. The number of rotatable bonds is 3. The Morgan fingerprint density at radius 1 is 1.21 bits per heavy atom. The van der Waals surface area contributed by atoms with E-state index < -0.39 is 11.7 Å². The van der Waals surface area contributed by atoms with Crippen molar-refractivity contribution in [3.05, 3.63) is 23.9 Å². The van der Waals surface area contributed by atoms with E-state index in [0.717, 1.165) is 12.3 Å². The summed E-state index contributed by atoms with van der Waals surface area (Å²) in [5, 5.41) is 3.07. The van der Waals surface area contributed by atoms with Crippen LogP contribution in [-0.2, 0) is 6.18 Å². The Kier molecular flexibility index (Phi) is 3.96. The fraction of sp³-hybridized carbons (Fsp3) is 0.583. The summed E-state index contributed by atoms with van der Waals surface area (Å²) in [6.07, 6.45) is -3.49. The van der Waals surface area contributed by atoms with E-state index in [-0.39, 0.29) is 0 Å². The van der Waals surface area contributed by atoms with Crippen LogP contribution in [-0.4, -0.2) is 23.6 Å². The van der Waals surface area contributed by atoms with E-state index in [9.17, 15) is 13.2 Å². The fourth-order valence-electron chi connectivity index (χ4n) is 2.15. The number of hydrazine groups is 1. The van der Waals surface area contributed by atoms with Crippen LogP contribution in [0.2, 0.25) is 0 Å². The van der Waals surface area contributed by atoms with Crippen molar-refractivity contribution in [1.82, 2.24) is 15.8 Å². The summed E-state index contributed by atoms with van der Waals surface area (Å²) < 4.78 is 37.1. The van der Waals surface area contributed by atoms with Gasteiger partial charge in [-0.2, -0.15) is 13.2 Å². The number of hydrogen-bond donors (Lipinski definition) is 3. The fourth-order valence-corrected chi connectivity index (χ4v) is 2.15. The maximum absolute atomic E-state index is 12.4. The molecule has 2 unspecified atom stereocenters. The maximum Gasteiger partial charge on any atom is 0.417 e. The number of hydrogen-bond acceptors (Lipinski definition) is 4. The molecule has 1 aromatic rings. The number of anilines is 1. The first-order chi connectivity index (χ1) is 8.88. The van der Waals surface area contributed by atoms with Gasteiger partial charge in [-0.1, -0.05) is 0 Å². The largest absolute Gasteiger partial charge is 0.417 e. The van der Waals surface area contributed by atoms with Crippen molar-refractivity contribution in [2.45, 2.75) is 32.1 Å². The minimum atomic E-state index is -4.34. The third-order valence-electron chi connectivity index (χ3n) is 3.43. The summed E-state index contributed by atoms with van der Waals surface area (Å²) in [7, 11) is 0. The number of pyridine rings is 1. The SMILES string of the molecule is CC1NNC(C)C1CNc1ccc(C(F)(F)F)cn1.